The van der Waals surface area contributed by atoms with Gasteiger partial charge in [0.05, 0.1) is 11.5 Å². The van der Waals surface area contributed by atoms with Gasteiger partial charge in [0.2, 0.25) is 6.29 Å². The molecular formula is C34H54O5. The Morgan fingerprint density at radius 2 is 1.62 bits per heavy atom. The molecule has 0 aromatic carbocycles. The highest BCUT2D eigenvalue weighted by Crippen LogP contribution is 2.75. The van der Waals surface area contributed by atoms with Crippen molar-refractivity contribution in [2.75, 3.05) is 0 Å². The Hall–Kier alpha value is -1.36. The van der Waals surface area contributed by atoms with E-state index in [1.54, 1.807) is 6.92 Å². The van der Waals surface area contributed by atoms with Crippen molar-refractivity contribution in [1.82, 2.24) is 0 Å². The number of fused-ring (bicyclic) bond motifs is 7. The zero-order valence-corrected chi connectivity index (χ0v) is 26.1. The highest BCUT2D eigenvalue weighted by molar-refractivity contribution is 5.79. The maximum Gasteiger partial charge on any atom is 0.315 e. The van der Waals surface area contributed by atoms with Crippen LogP contribution in [-0.4, -0.2) is 29.4 Å². The highest BCUT2D eigenvalue weighted by atomic mass is 16.7. The zero-order valence-electron chi connectivity index (χ0n) is 26.1. The summed E-state index contributed by atoms with van der Waals surface area (Å²) in [4.78, 5) is 25.6. The van der Waals surface area contributed by atoms with E-state index in [0.29, 0.717) is 23.7 Å². The number of carbonyl (C=O) groups is 2. The fourth-order valence-electron chi connectivity index (χ4n) is 11.4. The minimum Gasteiger partial charge on any atom is -0.426 e. The smallest absolute Gasteiger partial charge is 0.315 e. The molecule has 0 bridgehead atoms. The molecule has 5 aliphatic carbocycles. The molecule has 4 fully saturated rings. The lowest BCUT2D eigenvalue weighted by atomic mass is 9.33. The molecule has 0 saturated heterocycles. The number of aliphatic hydroxyl groups excluding tert-OH is 1. The van der Waals surface area contributed by atoms with E-state index >= 15 is 0 Å². The molecule has 1 unspecified atom stereocenters. The van der Waals surface area contributed by atoms with Gasteiger partial charge in [0.1, 0.15) is 0 Å². The largest absolute Gasteiger partial charge is 0.426 e. The molecule has 5 heteroatoms. The lowest BCUT2D eigenvalue weighted by Gasteiger charge is -2.71. The van der Waals surface area contributed by atoms with Crippen molar-refractivity contribution in [2.45, 2.75) is 132 Å². The summed E-state index contributed by atoms with van der Waals surface area (Å²) in [6.45, 7) is 20.0. The van der Waals surface area contributed by atoms with Crippen LogP contribution in [0.25, 0.3) is 0 Å². The number of hydrogen-bond donors (Lipinski definition) is 1. The predicted molar refractivity (Wildman–Crippen MR) is 152 cm³/mol. The maximum atomic E-state index is 14.0. The topological polar surface area (TPSA) is 72.8 Å². The van der Waals surface area contributed by atoms with E-state index in [9.17, 15) is 14.7 Å². The molecule has 220 valence electrons. The van der Waals surface area contributed by atoms with Gasteiger partial charge in [0.25, 0.3) is 0 Å². The normalized spacial score (nSPS) is 49.2. The van der Waals surface area contributed by atoms with Gasteiger partial charge in [0.15, 0.2) is 0 Å². The molecule has 0 amide bonds. The van der Waals surface area contributed by atoms with Crippen LogP contribution in [0.2, 0.25) is 0 Å². The van der Waals surface area contributed by atoms with Gasteiger partial charge in [0, 0.05) is 13.8 Å². The first kappa shape index (κ1) is 29.1. The summed E-state index contributed by atoms with van der Waals surface area (Å²) in [5.41, 5.74) is 1.30. The van der Waals surface area contributed by atoms with Gasteiger partial charge in [-0.2, -0.15) is 0 Å². The van der Waals surface area contributed by atoms with Crippen LogP contribution in [0.3, 0.4) is 0 Å². The van der Waals surface area contributed by atoms with Gasteiger partial charge in [-0.3, -0.25) is 9.59 Å². The molecular weight excluding hydrogens is 488 g/mol. The van der Waals surface area contributed by atoms with Crippen molar-refractivity contribution >= 4 is 11.9 Å². The fourth-order valence-corrected chi connectivity index (χ4v) is 11.4. The van der Waals surface area contributed by atoms with Crippen LogP contribution in [0.15, 0.2) is 11.6 Å². The van der Waals surface area contributed by atoms with Crippen LogP contribution in [0.5, 0.6) is 0 Å². The maximum absolute atomic E-state index is 14.0. The third-order valence-corrected chi connectivity index (χ3v) is 14.0. The molecule has 1 N–H and O–H groups in total. The molecule has 0 radical (unpaired) electrons. The number of aliphatic hydroxyl groups is 1. The van der Waals surface area contributed by atoms with E-state index in [2.05, 4.69) is 54.5 Å². The van der Waals surface area contributed by atoms with Gasteiger partial charge in [-0.05, 0) is 109 Å². The molecule has 0 aromatic rings. The van der Waals surface area contributed by atoms with E-state index in [0.717, 1.165) is 44.9 Å². The molecule has 5 rings (SSSR count). The molecule has 0 spiro atoms. The summed E-state index contributed by atoms with van der Waals surface area (Å²) in [6, 6.07) is 0. The number of allylic oxidation sites excluding steroid dienone is 2. The standard InChI is InChI=1S/C34H54O5/c1-20-12-17-34(29(37)39-23(4)38-22(3)35)19-18-32(8)24(28(34)21(20)2)10-11-26-31(7)15-14-27(36)30(5,6)25(31)13-16-33(26,32)9/h10,20-21,23,25-28,36H,11-19H2,1-9H3/t20-,21+,23?,25+,26-,27+,28+,31+,32-,33-,34+/m1/s1. The first-order chi connectivity index (χ1) is 18.0. The van der Waals surface area contributed by atoms with Crippen LogP contribution in [0.1, 0.15) is 120 Å². The van der Waals surface area contributed by atoms with Crippen LogP contribution >= 0.6 is 0 Å². The Kier molecular flexibility index (Phi) is 6.97. The number of esters is 2. The Labute approximate surface area is 236 Å². The Morgan fingerprint density at radius 3 is 2.28 bits per heavy atom. The van der Waals surface area contributed by atoms with Gasteiger partial charge in [-0.15, -0.1) is 0 Å². The molecule has 11 atom stereocenters. The number of rotatable bonds is 3. The van der Waals surface area contributed by atoms with Gasteiger partial charge < -0.3 is 14.6 Å². The summed E-state index contributed by atoms with van der Waals surface area (Å²) in [6.07, 6.45) is 10.6. The molecule has 0 aliphatic heterocycles. The molecule has 39 heavy (non-hydrogen) atoms. The van der Waals surface area contributed by atoms with Crippen molar-refractivity contribution in [2.24, 2.45) is 56.7 Å². The van der Waals surface area contributed by atoms with Crippen LogP contribution < -0.4 is 0 Å². The number of carbonyl (C=O) groups excluding carboxylic acids is 2. The predicted octanol–water partition coefficient (Wildman–Crippen LogP) is 7.46. The Balaban J connectivity index is 1.55. The van der Waals surface area contributed by atoms with E-state index in [-0.39, 0.29) is 39.7 Å². The summed E-state index contributed by atoms with van der Waals surface area (Å²) < 4.78 is 11.1. The van der Waals surface area contributed by atoms with Crippen molar-refractivity contribution in [3.8, 4) is 0 Å². The van der Waals surface area contributed by atoms with E-state index in [1.165, 1.54) is 25.3 Å². The molecule has 4 saturated carbocycles. The van der Waals surface area contributed by atoms with Gasteiger partial charge in [-0.25, -0.2) is 0 Å². The van der Waals surface area contributed by atoms with Crippen molar-refractivity contribution in [1.29, 1.82) is 0 Å². The second-order valence-corrected chi connectivity index (χ2v) is 15.8. The lowest BCUT2D eigenvalue weighted by molar-refractivity contribution is -0.214. The van der Waals surface area contributed by atoms with Gasteiger partial charge >= 0.3 is 11.9 Å². The van der Waals surface area contributed by atoms with E-state index in [1.807, 2.05) is 0 Å². The first-order valence-corrected chi connectivity index (χ1v) is 15.8. The summed E-state index contributed by atoms with van der Waals surface area (Å²) in [5, 5.41) is 11.0. The average molecular weight is 543 g/mol. The summed E-state index contributed by atoms with van der Waals surface area (Å²) >= 11 is 0. The van der Waals surface area contributed by atoms with Gasteiger partial charge in [-0.1, -0.05) is 60.1 Å². The second-order valence-electron chi connectivity index (χ2n) is 15.8. The fraction of sp³-hybridized carbons (Fsp3) is 0.882. The van der Waals surface area contributed by atoms with Crippen molar-refractivity contribution < 1.29 is 24.2 Å². The number of ether oxygens (including phenoxy) is 2. The summed E-state index contributed by atoms with van der Waals surface area (Å²) in [5.74, 6) is 1.59. The molecule has 5 aliphatic rings. The summed E-state index contributed by atoms with van der Waals surface area (Å²) in [7, 11) is 0. The minimum absolute atomic E-state index is 0.0331. The van der Waals surface area contributed by atoms with Crippen molar-refractivity contribution in [3.63, 3.8) is 0 Å². The van der Waals surface area contributed by atoms with Crippen LogP contribution in [-0.2, 0) is 19.1 Å². The lowest BCUT2D eigenvalue weighted by Crippen LogP contribution is -2.65. The minimum atomic E-state index is -0.865. The first-order valence-electron chi connectivity index (χ1n) is 15.8. The average Bonchev–Trinajstić information content (AvgIpc) is 2.84. The Morgan fingerprint density at radius 1 is 0.923 bits per heavy atom. The monoisotopic (exact) mass is 542 g/mol. The third kappa shape index (κ3) is 3.94. The second kappa shape index (κ2) is 9.33. The molecule has 0 heterocycles. The number of hydrogen-bond acceptors (Lipinski definition) is 5. The SMILES string of the molecule is CC(=O)OC(C)OC(=O)[C@]12CC[C@@H](C)[C@H](C)[C@H]1C1=CC[C@@H]3[C@@]4(C)CC[C@H](O)C(C)(C)[C@@H]4CC[C@@]3(C)[C@]1(C)CC2. The third-order valence-electron chi connectivity index (χ3n) is 14.0. The van der Waals surface area contributed by atoms with E-state index in [4.69, 9.17) is 9.47 Å². The Bertz CT molecular complexity index is 1050. The van der Waals surface area contributed by atoms with Crippen molar-refractivity contribution in [3.05, 3.63) is 11.6 Å². The highest BCUT2D eigenvalue weighted by Gasteiger charge is 2.69. The van der Waals surface area contributed by atoms with Crippen LogP contribution in [0.4, 0.5) is 0 Å². The molecule has 5 nitrogen and oxygen atoms in total. The quantitative estimate of drug-likeness (QED) is 0.228. The van der Waals surface area contributed by atoms with E-state index < -0.39 is 17.7 Å². The van der Waals surface area contributed by atoms with Crippen LogP contribution in [0, 0.1) is 56.7 Å². The zero-order chi connectivity index (χ0) is 28.8. The molecule has 0 aromatic heterocycles.